The van der Waals surface area contributed by atoms with Gasteiger partial charge in [0.05, 0.1) is 5.69 Å². The fraction of sp³-hybridized carbons (Fsp3) is 0.529. The molecule has 2 aromatic heterocycles. The van der Waals surface area contributed by atoms with Gasteiger partial charge in [-0.1, -0.05) is 13.0 Å². The van der Waals surface area contributed by atoms with E-state index in [-0.39, 0.29) is 6.04 Å². The van der Waals surface area contributed by atoms with Crippen molar-refractivity contribution in [3.63, 3.8) is 0 Å². The Morgan fingerprint density at radius 2 is 1.95 bits per heavy atom. The summed E-state index contributed by atoms with van der Waals surface area (Å²) >= 11 is 0. The van der Waals surface area contributed by atoms with Crippen LogP contribution in [-0.2, 0) is 13.5 Å². The third-order valence-corrected chi connectivity index (χ3v) is 3.79. The van der Waals surface area contributed by atoms with E-state index in [9.17, 15) is 0 Å². The number of aromatic nitrogens is 3. The molecule has 21 heavy (non-hydrogen) atoms. The molecular formula is C17H26N4. The number of nitrogens with zero attached hydrogens (tertiary/aromatic N) is 3. The molecule has 0 saturated heterocycles. The molecule has 0 spiro atoms. The zero-order chi connectivity index (χ0) is 15.4. The summed E-state index contributed by atoms with van der Waals surface area (Å²) in [7, 11) is 2.01. The Bertz CT molecular complexity index is 601. The van der Waals surface area contributed by atoms with Crippen molar-refractivity contribution in [3.8, 4) is 0 Å². The average Bonchev–Trinajstić information content (AvgIpc) is 2.73. The second-order valence-corrected chi connectivity index (χ2v) is 5.74. The van der Waals surface area contributed by atoms with Gasteiger partial charge in [-0.25, -0.2) is 0 Å². The van der Waals surface area contributed by atoms with Crippen molar-refractivity contribution in [3.05, 3.63) is 46.5 Å². The Balaban J connectivity index is 2.27. The van der Waals surface area contributed by atoms with E-state index in [1.54, 1.807) is 0 Å². The zero-order valence-electron chi connectivity index (χ0n) is 13.8. The van der Waals surface area contributed by atoms with E-state index in [1.165, 1.54) is 11.3 Å². The fourth-order valence-corrected chi connectivity index (χ4v) is 2.74. The molecule has 0 amide bonds. The summed E-state index contributed by atoms with van der Waals surface area (Å²) in [5, 5.41) is 8.10. The van der Waals surface area contributed by atoms with Gasteiger partial charge in [0.2, 0.25) is 0 Å². The molecule has 0 fully saturated rings. The van der Waals surface area contributed by atoms with Crippen molar-refractivity contribution in [2.75, 3.05) is 6.54 Å². The normalized spacial score (nSPS) is 12.6. The lowest BCUT2D eigenvalue weighted by Gasteiger charge is -2.21. The van der Waals surface area contributed by atoms with Gasteiger partial charge >= 0.3 is 0 Å². The predicted molar refractivity (Wildman–Crippen MR) is 86.4 cm³/mol. The second-order valence-electron chi connectivity index (χ2n) is 5.74. The van der Waals surface area contributed by atoms with Crippen LogP contribution >= 0.6 is 0 Å². The molecule has 2 heterocycles. The van der Waals surface area contributed by atoms with Gasteiger partial charge in [-0.3, -0.25) is 9.67 Å². The van der Waals surface area contributed by atoms with Gasteiger partial charge in [-0.15, -0.1) is 0 Å². The minimum atomic E-state index is 0.285. The first-order chi connectivity index (χ1) is 10.0. The lowest BCUT2D eigenvalue weighted by atomic mass is 10.00. The van der Waals surface area contributed by atoms with Crippen molar-refractivity contribution < 1.29 is 0 Å². The molecule has 0 aromatic carbocycles. The van der Waals surface area contributed by atoms with Gasteiger partial charge in [-0.05, 0) is 51.4 Å². The number of nitrogens with one attached hydrogen (secondary N) is 1. The highest BCUT2D eigenvalue weighted by Gasteiger charge is 2.17. The zero-order valence-corrected chi connectivity index (χ0v) is 13.8. The minimum absolute atomic E-state index is 0.285. The van der Waals surface area contributed by atoms with Crippen LogP contribution in [0.4, 0.5) is 0 Å². The molecule has 0 bridgehead atoms. The molecule has 1 unspecified atom stereocenters. The van der Waals surface area contributed by atoms with Crippen molar-refractivity contribution in [2.24, 2.45) is 7.05 Å². The molecule has 2 aromatic rings. The lowest BCUT2D eigenvalue weighted by Crippen LogP contribution is -2.26. The topological polar surface area (TPSA) is 42.7 Å². The molecule has 0 aliphatic heterocycles. The predicted octanol–water partition coefficient (Wildman–Crippen LogP) is 3.02. The van der Waals surface area contributed by atoms with Crippen LogP contribution in [0.15, 0.2) is 18.2 Å². The maximum Gasteiger partial charge on any atom is 0.0596 e. The highest BCUT2D eigenvalue weighted by atomic mass is 15.3. The number of hydrogen-bond donors (Lipinski definition) is 1. The van der Waals surface area contributed by atoms with Crippen molar-refractivity contribution in [1.82, 2.24) is 20.1 Å². The second kappa shape index (κ2) is 6.85. The van der Waals surface area contributed by atoms with E-state index >= 15 is 0 Å². The number of aryl methyl sites for hydroxylation is 4. The van der Waals surface area contributed by atoms with E-state index in [2.05, 4.69) is 47.4 Å². The molecule has 1 N–H and O–H groups in total. The summed E-state index contributed by atoms with van der Waals surface area (Å²) in [4.78, 5) is 4.61. The standard InChI is InChI=1S/C17H26N4/c1-6-9-18-17(11-15-10-13(3)20-21(15)5)16-8-7-12(2)19-14(16)4/h7-8,10,17-18H,6,9,11H2,1-5H3. The number of hydrogen-bond acceptors (Lipinski definition) is 3. The van der Waals surface area contributed by atoms with Gasteiger partial charge in [0.15, 0.2) is 0 Å². The van der Waals surface area contributed by atoms with E-state index in [1.807, 2.05) is 25.6 Å². The third kappa shape index (κ3) is 3.91. The van der Waals surface area contributed by atoms with Crippen molar-refractivity contribution in [1.29, 1.82) is 0 Å². The van der Waals surface area contributed by atoms with Gasteiger partial charge in [0.25, 0.3) is 0 Å². The van der Waals surface area contributed by atoms with Gasteiger partial charge in [-0.2, -0.15) is 5.10 Å². The van der Waals surface area contributed by atoms with Crippen LogP contribution in [-0.4, -0.2) is 21.3 Å². The molecule has 4 heteroatoms. The van der Waals surface area contributed by atoms with Gasteiger partial charge < -0.3 is 5.32 Å². The fourth-order valence-electron chi connectivity index (χ4n) is 2.74. The molecule has 0 aliphatic carbocycles. The van der Waals surface area contributed by atoms with Crippen LogP contribution in [0.2, 0.25) is 0 Å². The van der Waals surface area contributed by atoms with Crippen LogP contribution in [0.3, 0.4) is 0 Å². The first-order valence-electron chi connectivity index (χ1n) is 7.68. The first-order valence-corrected chi connectivity index (χ1v) is 7.68. The lowest BCUT2D eigenvalue weighted by molar-refractivity contribution is 0.508. The van der Waals surface area contributed by atoms with Crippen LogP contribution in [0.5, 0.6) is 0 Å². The summed E-state index contributed by atoms with van der Waals surface area (Å²) in [5.41, 5.74) is 5.79. The number of pyridine rings is 1. The largest absolute Gasteiger partial charge is 0.310 e. The smallest absolute Gasteiger partial charge is 0.0596 e. The Kier molecular flexibility index (Phi) is 5.12. The van der Waals surface area contributed by atoms with Crippen LogP contribution < -0.4 is 5.32 Å². The monoisotopic (exact) mass is 286 g/mol. The number of rotatable bonds is 6. The summed E-state index contributed by atoms with van der Waals surface area (Å²) in [5.74, 6) is 0. The molecule has 0 saturated carbocycles. The summed E-state index contributed by atoms with van der Waals surface area (Å²) < 4.78 is 1.98. The molecule has 0 aliphatic rings. The SMILES string of the molecule is CCCNC(Cc1cc(C)nn1C)c1ccc(C)nc1C. The molecule has 1 atom stereocenters. The molecule has 114 valence electrons. The summed E-state index contributed by atoms with van der Waals surface area (Å²) in [6.07, 6.45) is 2.06. The van der Waals surface area contributed by atoms with Gasteiger partial charge in [0.1, 0.15) is 0 Å². The molecular weight excluding hydrogens is 260 g/mol. The Labute approximate surface area is 127 Å². The van der Waals surface area contributed by atoms with Gasteiger partial charge in [0, 0.05) is 36.6 Å². The summed E-state index contributed by atoms with van der Waals surface area (Å²) in [6, 6.07) is 6.75. The van der Waals surface area contributed by atoms with Crippen molar-refractivity contribution in [2.45, 2.75) is 46.6 Å². The van der Waals surface area contributed by atoms with Crippen LogP contribution in [0, 0.1) is 20.8 Å². The quantitative estimate of drug-likeness (QED) is 0.887. The molecule has 2 rings (SSSR count). The maximum absolute atomic E-state index is 4.61. The van der Waals surface area contributed by atoms with Crippen LogP contribution in [0.1, 0.15) is 47.7 Å². The highest BCUT2D eigenvalue weighted by Crippen LogP contribution is 2.21. The molecule has 0 radical (unpaired) electrons. The van der Waals surface area contributed by atoms with E-state index in [0.717, 1.165) is 36.5 Å². The van der Waals surface area contributed by atoms with E-state index < -0.39 is 0 Å². The Hall–Kier alpha value is -1.68. The van der Waals surface area contributed by atoms with E-state index in [0.29, 0.717) is 0 Å². The summed E-state index contributed by atoms with van der Waals surface area (Å²) in [6.45, 7) is 9.37. The Morgan fingerprint density at radius 1 is 1.19 bits per heavy atom. The third-order valence-electron chi connectivity index (χ3n) is 3.79. The minimum Gasteiger partial charge on any atom is -0.310 e. The first kappa shape index (κ1) is 15.7. The van der Waals surface area contributed by atoms with Crippen molar-refractivity contribution >= 4 is 0 Å². The Morgan fingerprint density at radius 3 is 2.52 bits per heavy atom. The highest BCUT2D eigenvalue weighted by molar-refractivity contribution is 5.27. The maximum atomic E-state index is 4.61. The van der Waals surface area contributed by atoms with Crippen LogP contribution in [0.25, 0.3) is 0 Å². The van der Waals surface area contributed by atoms with E-state index in [4.69, 9.17) is 0 Å². The molecule has 4 nitrogen and oxygen atoms in total. The average molecular weight is 286 g/mol.